The Morgan fingerprint density at radius 3 is 2.91 bits per heavy atom. The summed E-state index contributed by atoms with van der Waals surface area (Å²) < 4.78 is 5.91. The molecule has 0 aromatic rings. The van der Waals surface area contributed by atoms with Crippen molar-refractivity contribution in [2.24, 2.45) is 11.3 Å². The summed E-state index contributed by atoms with van der Waals surface area (Å²) in [6.07, 6.45) is 7.88. The summed E-state index contributed by atoms with van der Waals surface area (Å²) in [4.78, 5) is 25.3. The number of carbonyl (C=O) groups is 2. The monoisotopic (exact) mass is 317 g/mol. The van der Waals surface area contributed by atoms with Crippen LogP contribution in [0.25, 0.3) is 0 Å². The molecule has 4 heteroatoms. The molecular formula is C19H27NO3. The largest absolute Gasteiger partial charge is 0.460 e. The smallest absolute Gasteiger partial charge is 0.323 e. The molecule has 4 atom stereocenters. The van der Waals surface area contributed by atoms with Crippen molar-refractivity contribution in [2.75, 3.05) is 6.54 Å². The van der Waals surface area contributed by atoms with Gasteiger partial charge in [-0.05, 0) is 58.1 Å². The molecule has 0 aromatic carbocycles. The van der Waals surface area contributed by atoms with Crippen molar-refractivity contribution >= 4 is 11.8 Å². The third-order valence-corrected chi connectivity index (χ3v) is 5.91. The number of hydrogen-bond acceptors (Lipinski definition) is 4. The Labute approximate surface area is 138 Å². The van der Waals surface area contributed by atoms with E-state index in [4.69, 9.17) is 4.74 Å². The molecule has 1 heterocycles. The van der Waals surface area contributed by atoms with Gasteiger partial charge in [-0.25, -0.2) is 0 Å². The van der Waals surface area contributed by atoms with Gasteiger partial charge in [-0.2, -0.15) is 0 Å². The van der Waals surface area contributed by atoms with Crippen LogP contribution in [0.1, 0.15) is 52.9 Å². The zero-order valence-electron chi connectivity index (χ0n) is 14.4. The Morgan fingerprint density at radius 1 is 1.48 bits per heavy atom. The van der Waals surface area contributed by atoms with Gasteiger partial charge in [-0.1, -0.05) is 24.1 Å². The molecule has 4 nitrogen and oxygen atoms in total. The summed E-state index contributed by atoms with van der Waals surface area (Å²) in [7, 11) is 0. The highest BCUT2D eigenvalue weighted by Gasteiger charge is 2.53. The van der Waals surface area contributed by atoms with E-state index in [1.807, 2.05) is 6.92 Å². The topological polar surface area (TPSA) is 55.4 Å². The summed E-state index contributed by atoms with van der Waals surface area (Å²) in [5.74, 6) is 0.0892. The third-order valence-electron chi connectivity index (χ3n) is 5.91. The van der Waals surface area contributed by atoms with Crippen LogP contribution in [-0.4, -0.2) is 30.4 Å². The minimum Gasteiger partial charge on any atom is -0.460 e. The molecular weight excluding hydrogens is 290 g/mol. The van der Waals surface area contributed by atoms with E-state index in [9.17, 15) is 9.59 Å². The Morgan fingerprint density at radius 2 is 2.26 bits per heavy atom. The van der Waals surface area contributed by atoms with Crippen molar-refractivity contribution in [2.45, 2.75) is 65.0 Å². The highest BCUT2D eigenvalue weighted by molar-refractivity contribution is 5.99. The van der Waals surface area contributed by atoms with Gasteiger partial charge in [0, 0.05) is 6.42 Å². The first-order valence-electron chi connectivity index (χ1n) is 8.81. The van der Waals surface area contributed by atoms with E-state index in [-0.39, 0.29) is 29.8 Å². The van der Waals surface area contributed by atoms with Crippen molar-refractivity contribution < 1.29 is 14.3 Å². The standard InChI is InChI=1S/C19H27NO3/c1-4-13-11-16(21)19(3)14(13)8-7-12(2)10-17(19)23-18(22)15-6-5-9-20-15/h7,11,14-15,17,20H,4-6,8-10H2,1-3H3. The number of rotatable bonds is 3. The molecule has 0 amide bonds. The van der Waals surface area contributed by atoms with Gasteiger partial charge in [0.2, 0.25) is 0 Å². The van der Waals surface area contributed by atoms with Crippen LogP contribution in [0.5, 0.6) is 0 Å². The maximum Gasteiger partial charge on any atom is 0.323 e. The van der Waals surface area contributed by atoms with Crippen LogP contribution in [0.2, 0.25) is 0 Å². The van der Waals surface area contributed by atoms with Crippen LogP contribution in [-0.2, 0) is 14.3 Å². The maximum absolute atomic E-state index is 12.8. The quantitative estimate of drug-likeness (QED) is 0.642. The van der Waals surface area contributed by atoms with Gasteiger partial charge < -0.3 is 10.1 Å². The fraction of sp³-hybridized carbons (Fsp3) is 0.684. The number of esters is 1. The summed E-state index contributed by atoms with van der Waals surface area (Å²) in [6.45, 7) is 7.02. The minimum atomic E-state index is -0.617. The van der Waals surface area contributed by atoms with E-state index in [2.05, 4.69) is 25.2 Å². The molecule has 1 fully saturated rings. The van der Waals surface area contributed by atoms with Gasteiger partial charge in [0.15, 0.2) is 5.78 Å². The Bertz CT molecular complexity index is 571. The molecule has 2 aliphatic carbocycles. The fourth-order valence-electron chi connectivity index (χ4n) is 4.29. The SMILES string of the molecule is CCC1=CC(=O)C2(C)C(OC(=O)C3CCCN3)CC(C)=CCC12. The molecule has 1 saturated heterocycles. The molecule has 4 unspecified atom stereocenters. The first-order valence-corrected chi connectivity index (χ1v) is 8.81. The maximum atomic E-state index is 12.8. The molecule has 126 valence electrons. The van der Waals surface area contributed by atoms with Crippen LogP contribution in [0.3, 0.4) is 0 Å². The molecule has 0 saturated carbocycles. The molecule has 3 rings (SSSR count). The molecule has 0 radical (unpaired) electrons. The van der Waals surface area contributed by atoms with Crippen molar-refractivity contribution in [1.82, 2.24) is 5.32 Å². The zero-order valence-corrected chi connectivity index (χ0v) is 14.4. The van der Waals surface area contributed by atoms with Gasteiger partial charge in [-0.3, -0.25) is 9.59 Å². The van der Waals surface area contributed by atoms with Crippen LogP contribution in [0.15, 0.2) is 23.3 Å². The van der Waals surface area contributed by atoms with Gasteiger partial charge in [-0.15, -0.1) is 0 Å². The number of nitrogens with one attached hydrogen (secondary N) is 1. The number of ether oxygens (including phenoxy) is 1. The predicted octanol–water partition coefficient (Wildman–Crippen LogP) is 2.93. The Hall–Kier alpha value is -1.42. The molecule has 0 aromatic heterocycles. The first-order chi connectivity index (χ1) is 11.0. The molecule has 3 aliphatic rings. The van der Waals surface area contributed by atoms with Crippen molar-refractivity contribution in [3.63, 3.8) is 0 Å². The zero-order chi connectivity index (χ0) is 16.6. The lowest BCUT2D eigenvalue weighted by atomic mass is 9.70. The lowest BCUT2D eigenvalue weighted by Gasteiger charge is -2.37. The fourth-order valence-corrected chi connectivity index (χ4v) is 4.29. The number of ketones is 1. The first kappa shape index (κ1) is 16.4. The lowest BCUT2D eigenvalue weighted by Crippen LogP contribution is -2.46. The average molecular weight is 317 g/mol. The van der Waals surface area contributed by atoms with Gasteiger partial charge in [0.25, 0.3) is 0 Å². The van der Waals surface area contributed by atoms with E-state index in [0.717, 1.165) is 32.2 Å². The van der Waals surface area contributed by atoms with E-state index in [0.29, 0.717) is 6.42 Å². The highest BCUT2D eigenvalue weighted by atomic mass is 16.5. The number of fused-ring (bicyclic) bond motifs is 1. The predicted molar refractivity (Wildman–Crippen MR) is 88.9 cm³/mol. The lowest BCUT2D eigenvalue weighted by molar-refractivity contribution is -0.161. The number of hydrogen-bond donors (Lipinski definition) is 1. The highest BCUT2D eigenvalue weighted by Crippen LogP contribution is 2.50. The second-order valence-corrected chi connectivity index (χ2v) is 7.34. The van der Waals surface area contributed by atoms with Crippen LogP contribution in [0.4, 0.5) is 0 Å². The summed E-state index contributed by atoms with van der Waals surface area (Å²) >= 11 is 0. The molecule has 1 aliphatic heterocycles. The van der Waals surface area contributed by atoms with Gasteiger partial charge in [0.05, 0.1) is 5.41 Å². The Balaban J connectivity index is 1.86. The van der Waals surface area contributed by atoms with Crippen LogP contribution >= 0.6 is 0 Å². The van der Waals surface area contributed by atoms with E-state index < -0.39 is 5.41 Å². The van der Waals surface area contributed by atoms with Crippen molar-refractivity contribution in [3.8, 4) is 0 Å². The summed E-state index contributed by atoms with van der Waals surface area (Å²) in [5, 5.41) is 3.19. The molecule has 1 N–H and O–H groups in total. The molecule has 23 heavy (non-hydrogen) atoms. The average Bonchev–Trinajstić information content (AvgIpc) is 3.10. The molecule has 0 bridgehead atoms. The van der Waals surface area contributed by atoms with Crippen molar-refractivity contribution in [1.29, 1.82) is 0 Å². The second-order valence-electron chi connectivity index (χ2n) is 7.34. The van der Waals surface area contributed by atoms with Gasteiger partial charge in [0.1, 0.15) is 12.1 Å². The van der Waals surface area contributed by atoms with Gasteiger partial charge >= 0.3 is 5.97 Å². The van der Waals surface area contributed by atoms with E-state index >= 15 is 0 Å². The Kier molecular flexibility index (Phi) is 4.45. The number of carbonyl (C=O) groups excluding carboxylic acids is 2. The third kappa shape index (κ3) is 2.78. The second kappa shape index (κ2) is 6.23. The summed E-state index contributed by atoms with van der Waals surface area (Å²) in [6, 6.07) is -0.209. The molecule has 0 spiro atoms. The number of allylic oxidation sites excluding steroid dienone is 3. The van der Waals surface area contributed by atoms with E-state index in [1.165, 1.54) is 11.1 Å². The van der Waals surface area contributed by atoms with E-state index in [1.54, 1.807) is 6.08 Å². The van der Waals surface area contributed by atoms with Crippen molar-refractivity contribution in [3.05, 3.63) is 23.3 Å². The normalized spacial score (nSPS) is 37.0. The minimum absolute atomic E-state index is 0.125. The van der Waals surface area contributed by atoms with Crippen LogP contribution in [0, 0.1) is 11.3 Å². The summed E-state index contributed by atoms with van der Waals surface area (Å²) in [5.41, 5.74) is 1.79. The van der Waals surface area contributed by atoms with Crippen LogP contribution < -0.4 is 5.32 Å².